The van der Waals surface area contributed by atoms with E-state index in [1.807, 2.05) is 19.0 Å². The number of nitrogens with two attached hydrogens (primary N) is 3. The van der Waals surface area contributed by atoms with Crippen molar-refractivity contribution in [1.82, 2.24) is 15.5 Å². The number of benzene rings is 1. The predicted molar refractivity (Wildman–Crippen MR) is 133 cm³/mol. The highest BCUT2D eigenvalue weighted by atomic mass is 16.5. The summed E-state index contributed by atoms with van der Waals surface area (Å²) in [5.41, 5.74) is 17.4. The zero-order chi connectivity index (χ0) is 24.9. The molecular formula is C23H39N7O4. The van der Waals surface area contributed by atoms with Crippen molar-refractivity contribution in [3.8, 4) is 11.5 Å². The molecule has 0 atom stereocenters. The molecule has 0 radical (unpaired) electrons. The first kappa shape index (κ1) is 27.4. The van der Waals surface area contributed by atoms with Crippen molar-refractivity contribution in [1.29, 1.82) is 0 Å². The van der Waals surface area contributed by atoms with Gasteiger partial charge in [-0.1, -0.05) is 0 Å². The molecule has 0 heterocycles. The molecule has 8 N–H and O–H groups in total. The van der Waals surface area contributed by atoms with E-state index in [4.69, 9.17) is 26.7 Å². The molecule has 1 aliphatic carbocycles. The number of ether oxygens (including phenoxy) is 2. The number of nitrogens with one attached hydrogen (secondary N) is 2. The fourth-order valence-corrected chi connectivity index (χ4v) is 3.62. The molecule has 11 heteroatoms. The molecule has 2 rings (SSSR count). The van der Waals surface area contributed by atoms with Crippen molar-refractivity contribution < 1.29 is 19.1 Å². The van der Waals surface area contributed by atoms with E-state index in [9.17, 15) is 9.59 Å². The molecule has 0 bridgehead atoms. The first-order chi connectivity index (χ1) is 16.3. The molecule has 1 aromatic carbocycles. The van der Waals surface area contributed by atoms with Crippen LogP contribution in [0, 0.1) is 0 Å². The van der Waals surface area contributed by atoms with Crippen LogP contribution in [-0.4, -0.2) is 88.6 Å². The fourth-order valence-electron chi connectivity index (χ4n) is 3.62. The molecule has 1 aromatic rings. The molecule has 0 unspecified atom stereocenters. The van der Waals surface area contributed by atoms with E-state index in [0.29, 0.717) is 31.1 Å². The number of amides is 2. The summed E-state index contributed by atoms with van der Waals surface area (Å²) >= 11 is 0. The molecule has 190 valence electrons. The smallest absolute Gasteiger partial charge is 0.255 e. The summed E-state index contributed by atoms with van der Waals surface area (Å²) in [7, 11) is 3.84. The van der Waals surface area contributed by atoms with Gasteiger partial charge in [-0.3, -0.25) is 14.6 Å². The van der Waals surface area contributed by atoms with Gasteiger partial charge >= 0.3 is 0 Å². The van der Waals surface area contributed by atoms with Crippen LogP contribution in [0.1, 0.15) is 46.4 Å². The molecule has 11 nitrogen and oxygen atoms in total. The van der Waals surface area contributed by atoms with Crippen molar-refractivity contribution in [2.45, 2.75) is 37.8 Å². The van der Waals surface area contributed by atoms with Crippen LogP contribution in [-0.2, 0) is 0 Å². The molecule has 1 saturated carbocycles. The van der Waals surface area contributed by atoms with Crippen LogP contribution in [0.25, 0.3) is 0 Å². The lowest BCUT2D eigenvalue weighted by atomic mass is 9.91. The Kier molecular flexibility index (Phi) is 11.6. The topological polar surface area (TPSA) is 170 Å². The Morgan fingerprint density at radius 2 is 1.74 bits per heavy atom. The van der Waals surface area contributed by atoms with Gasteiger partial charge < -0.3 is 42.2 Å². The van der Waals surface area contributed by atoms with E-state index < -0.39 is 0 Å². The quantitative estimate of drug-likeness (QED) is 0.146. The third-order valence-electron chi connectivity index (χ3n) is 5.48. The van der Waals surface area contributed by atoms with Gasteiger partial charge in [-0.2, -0.15) is 0 Å². The maximum Gasteiger partial charge on any atom is 0.255 e. The number of likely N-dealkylation sites (N-methyl/N-ethyl adjacent to an activating group) is 1. The minimum atomic E-state index is -0.342. The molecule has 2 amide bonds. The highest BCUT2D eigenvalue weighted by molar-refractivity contribution is 6.03. The average Bonchev–Trinajstić information content (AvgIpc) is 2.81. The largest absolute Gasteiger partial charge is 0.491 e. The van der Waals surface area contributed by atoms with Crippen LogP contribution >= 0.6 is 0 Å². The maximum atomic E-state index is 13.2. The normalized spacial score (nSPS) is 18.1. The summed E-state index contributed by atoms with van der Waals surface area (Å²) in [5, 5.41) is 5.93. The standard InChI is InChI=1S/C23H39N7O4/c1-30(2)10-8-28-22(31)18-13-19(23(32)29-17-5-3-16(26)4-6-17)21(34-12-9-27-15-25)14-20(18)33-11-7-24/h13-17H,3-12,24,26H2,1-2H3,(H2,25,27)(H,28,31)(H,29,32). The van der Waals surface area contributed by atoms with Crippen molar-refractivity contribution in [2.24, 2.45) is 22.2 Å². The summed E-state index contributed by atoms with van der Waals surface area (Å²) < 4.78 is 11.6. The second-order valence-corrected chi connectivity index (χ2v) is 8.53. The summed E-state index contributed by atoms with van der Waals surface area (Å²) in [4.78, 5) is 32.1. The van der Waals surface area contributed by atoms with Crippen LogP contribution in [0.3, 0.4) is 0 Å². The van der Waals surface area contributed by atoms with E-state index >= 15 is 0 Å². The Morgan fingerprint density at radius 1 is 1.09 bits per heavy atom. The van der Waals surface area contributed by atoms with Gasteiger partial charge in [0.1, 0.15) is 24.7 Å². The number of carbonyl (C=O) groups is 2. The number of aliphatic imine (C=N–C) groups is 1. The molecule has 0 aliphatic heterocycles. The van der Waals surface area contributed by atoms with Gasteiger partial charge in [-0.15, -0.1) is 0 Å². The van der Waals surface area contributed by atoms with Gasteiger partial charge in [0.15, 0.2) is 0 Å². The lowest BCUT2D eigenvalue weighted by Crippen LogP contribution is -2.40. The summed E-state index contributed by atoms with van der Waals surface area (Å²) in [6.07, 6.45) is 4.53. The second kappa shape index (κ2) is 14.4. The summed E-state index contributed by atoms with van der Waals surface area (Å²) in [5.74, 6) is -0.0595. The Balaban J connectivity index is 2.32. The SMILES string of the molecule is CN(C)CCNC(=O)c1cc(C(=O)NC2CCC(N)CC2)c(OCCN=CN)cc1OCCN. The number of rotatable bonds is 13. The van der Waals surface area contributed by atoms with Crippen LogP contribution in [0.15, 0.2) is 17.1 Å². The zero-order valence-corrected chi connectivity index (χ0v) is 20.2. The van der Waals surface area contributed by atoms with Gasteiger partial charge in [0.05, 0.1) is 24.0 Å². The van der Waals surface area contributed by atoms with Gasteiger partial charge in [-0.25, -0.2) is 0 Å². The first-order valence-electron chi connectivity index (χ1n) is 11.7. The highest BCUT2D eigenvalue weighted by Crippen LogP contribution is 2.30. The fraction of sp³-hybridized carbons (Fsp3) is 0.609. The lowest BCUT2D eigenvalue weighted by molar-refractivity contribution is 0.0921. The number of carbonyl (C=O) groups excluding carboxylic acids is 2. The first-order valence-corrected chi connectivity index (χ1v) is 11.7. The monoisotopic (exact) mass is 477 g/mol. The zero-order valence-electron chi connectivity index (χ0n) is 20.2. The summed E-state index contributed by atoms with van der Waals surface area (Å²) in [6, 6.07) is 3.27. The predicted octanol–water partition coefficient (Wildman–Crippen LogP) is -0.319. The highest BCUT2D eigenvalue weighted by Gasteiger charge is 2.25. The lowest BCUT2D eigenvalue weighted by Gasteiger charge is -2.27. The summed E-state index contributed by atoms with van der Waals surface area (Å²) in [6.45, 7) is 2.13. The minimum absolute atomic E-state index is 0.0209. The third-order valence-corrected chi connectivity index (χ3v) is 5.48. The minimum Gasteiger partial charge on any atom is -0.491 e. The van der Waals surface area contributed by atoms with Gasteiger partial charge in [0.25, 0.3) is 11.8 Å². The van der Waals surface area contributed by atoms with E-state index in [1.54, 1.807) is 6.07 Å². The van der Waals surface area contributed by atoms with Gasteiger partial charge in [-0.05, 0) is 45.8 Å². The van der Waals surface area contributed by atoms with E-state index in [1.165, 1.54) is 12.4 Å². The van der Waals surface area contributed by atoms with Crippen molar-refractivity contribution >= 4 is 18.2 Å². The molecule has 0 saturated heterocycles. The Hall–Kier alpha value is -2.89. The molecule has 0 spiro atoms. The van der Waals surface area contributed by atoms with Gasteiger partial charge in [0.2, 0.25) is 0 Å². The Bertz CT molecular complexity index is 824. The Labute approximate surface area is 201 Å². The van der Waals surface area contributed by atoms with Crippen LogP contribution in [0.5, 0.6) is 11.5 Å². The second-order valence-electron chi connectivity index (χ2n) is 8.53. The van der Waals surface area contributed by atoms with Crippen molar-refractivity contribution in [3.63, 3.8) is 0 Å². The molecule has 1 fully saturated rings. The molecule has 34 heavy (non-hydrogen) atoms. The van der Waals surface area contributed by atoms with E-state index in [2.05, 4.69) is 15.6 Å². The number of hydrogen-bond acceptors (Lipinski definition) is 8. The molecule has 0 aromatic heterocycles. The maximum absolute atomic E-state index is 13.2. The van der Waals surface area contributed by atoms with Crippen LogP contribution in [0.4, 0.5) is 0 Å². The van der Waals surface area contributed by atoms with Crippen LogP contribution in [0.2, 0.25) is 0 Å². The Morgan fingerprint density at radius 3 is 2.35 bits per heavy atom. The molecule has 1 aliphatic rings. The third kappa shape index (κ3) is 8.81. The average molecular weight is 478 g/mol. The van der Waals surface area contributed by atoms with Gasteiger partial charge in [0, 0.05) is 37.8 Å². The van der Waals surface area contributed by atoms with Crippen LogP contribution < -0.4 is 37.3 Å². The molecular weight excluding hydrogens is 438 g/mol. The van der Waals surface area contributed by atoms with Crippen molar-refractivity contribution in [3.05, 3.63) is 23.3 Å². The number of nitrogens with zero attached hydrogens (tertiary/aromatic N) is 2. The number of hydrogen-bond donors (Lipinski definition) is 5. The van der Waals surface area contributed by atoms with E-state index in [-0.39, 0.29) is 54.8 Å². The van der Waals surface area contributed by atoms with E-state index in [0.717, 1.165) is 25.7 Å². The van der Waals surface area contributed by atoms with Crippen molar-refractivity contribution in [2.75, 3.05) is 53.5 Å².